The summed E-state index contributed by atoms with van der Waals surface area (Å²) in [5.41, 5.74) is 0.423. The quantitative estimate of drug-likeness (QED) is 0.835. The van der Waals surface area contributed by atoms with Gasteiger partial charge in [0, 0.05) is 6.54 Å². The Kier molecular flexibility index (Phi) is 6.11. The predicted octanol–water partition coefficient (Wildman–Crippen LogP) is 2.64. The Balaban J connectivity index is 2.45. The zero-order chi connectivity index (χ0) is 13.6. The van der Waals surface area contributed by atoms with E-state index < -0.39 is 0 Å². The van der Waals surface area contributed by atoms with Crippen molar-refractivity contribution < 1.29 is 0 Å². The molecular formula is C15H29N3. The molecule has 1 aliphatic rings. The topological polar surface area (TPSA) is 39.1 Å². The molecule has 0 bridgehead atoms. The number of nitriles is 1. The van der Waals surface area contributed by atoms with E-state index in [0.29, 0.717) is 5.41 Å². The van der Waals surface area contributed by atoms with Crippen LogP contribution >= 0.6 is 0 Å². The summed E-state index contributed by atoms with van der Waals surface area (Å²) in [5, 5.41) is 12.3. The van der Waals surface area contributed by atoms with Crippen LogP contribution in [0.3, 0.4) is 0 Å². The molecular weight excluding hydrogens is 222 g/mol. The lowest BCUT2D eigenvalue weighted by Crippen LogP contribution is -2.40. The third-order valence-electron chi connectivity index (χ3n) is 4.09. The van der Waals surface area contributed by atoms with Crippen LogP contribution in [0.2, 0.25) is 0 Å². The summed E-state index contributed by atoms with van der Waals surface area (Å²) < 4.78 is 0. The lowest BCUT2D eigenvalue weighted by molar-refractivity contribution is 0.206. The number of hydrogen-bond acceptors (Lipinski definition) is 3. The average molecular weight is 251 g/mol. The zero-order valence-electron chi connectivity index (χ0n) is 12.5. The molecule has 1 aliphatic heterocycles. The molecule has 0 saturated carbocycles. The van der Waals surface area contributed by atoms with Crippen LogP contribution in [0.4, 0.5) is 0 Å². The van der Waals surface area contributed by atoms with Gasteiger partial charge in [0.05, 0.1) is 6.07 Å². The van der Waals surface area contributed by atoms with Gasteiger partial charge in [-0.25, -0.2) is 0 Å². The molecule has 2 atom stereocenters. The molecule has 104 valence electrons. The summed E-state index contributed by atoms with van der Waals surface area (Å²) in [6.45, 7) is 13.2. The number of nitrogens with one attached hydrogen (secondary N) is 1. The Morgan fingerprint density at radius 3 is 2.61 bits per heavy atom. The lowest BCUT2D eigenvalue weighted by Gasteiger charge is -2.30. The van der Waals surface area contributed by atoms with Crippen LogP contribution in [0.5, 0.6) is 0 Å². The minimum atomic E-state index is -0.0128. The molecule has 0 aromatic rings. The Bertz CT molecular complexity index is 274. The van der Waals surface area contributed by atoms with Crippen molar-refractivity contribution in [2.75, 3.05) is 26.2 Å². The third kappa shape index (κ3) is 4.96. The summed E-state index contributed by atoms with van der Waals surface area (Å²) in [4.78, 5) is 2.46. The van der Waals surface area contributed by atoms with Gasteiger partial charge in [0.15, 0.2) is 0 Å². The molecule has 1 rings (SSSR count). The van der Waals surface area contributed by atoms with Crippen molar-refractivity contribution >= 4 is 0 Å². The van der Waals surface area contributed by atoms with Crippen molar-refractivity contribution in [3.63, 3.8) is 0 Å². The van der Waals surface area contributed by atoms with Gasteiger partial charge < -0.3 is 10.2 Å². The van der Waals surface area contributed by atoms with Gasteiger partial charge in [-0.05, 0) is 50.2 Å². The van der Waals surface area contributed by atoms with E-state index in [0.717, 1.165) is 32.1 Å². The van der Waals surface area contributed by atoms with E-state index >= 15 is 0 Å². The molecule has 3 nitrogen and oxygen atoms in total. The fraction of sp³-hybridized carbons (Fsp3) is 0.933. The van der Waals surface area contributed by atoms with Gasteiger partial charge in [0.1, 0.15) is 6.04 Å². The van der Waals surface area contributed by atoms with Crippen LogP contribution in [0, 0.1) is 22.7 Å². The maximum atomic E-state index is 9.10. The number of likely N-dealkylation sites (tertiary alicyclic amines) is 1. The summed E-state index contributed by atoms with van der Waals surface area (Å²) in [6, 6.07) is 2.35. The van der Waals surface area contributed by atoms with Crippen molar-refractivity contribution in [1.29, 1.82) is 5.26 Å². The van der Waals surface area contributed by atoms with Crippen LogP contribution in [0.25, 0.3) is 0 Å². The summed E-state index contributed by atoms with van der Waals surface area (Å²) in [5.74, 6) is 0.821. The Hall–Kier alpha value is -0.590. The first kappa shape index (κ1) is 15.5. The maximum absolute atomic E-state index is 9.10. The molecule has 2 unspecified atom stereocenters. The highest BCUT2D eigenvalue weighted by atomic mass is 15.1. The monoisotopic (exact) mass is 251 g/mol. The molecule has 0 aromatic heterocycles. The number of hydrogen-bond donors (Lipinski definition) is 1. The van der Waals surface area contributed by atoms with E-state index in [-0.39, 0.29) is 6.04 Å². The number of likely N-dealkylation sites (N-methyl/N-ethyl adjacent to an activating group) is 1. The van der Waals surface area contributed by atoms with Crippen LogP contribution < -0.4 is 5.32 Å². The molecule has 0 aromatic carbocycles. The van der Waals surface area contributed by atoms with Crippen molar-refractivity contribution in [1.82, 2.24) is 10.2 Å². The highest BCUT2D eigenvalue weighted by Gasteiger charge is 2.27. The first-order valence-corrected chi connectivity index (χ1v) is 7.32. The third-order valence-corrected chi connectivity index (χ3v) is 4.09. The SMILES string of the molecule is CCNC(C#N)CN1CCCC(C(C)(C)C)CC1. The first-order chi connectivity index (χ1) is 8.47. The molecule has 0 radical (unpaired) electrons. The summed E-state index contributed by atoms with van der Waals surface area (Å²) >= 11 is 0. The van der Waals surface area contributed by atoms with E-state index in [1.807, 2.05) is 0 Å². The van der Waals surface area contributed by atoms with Crippen LogP contribution in [0.1, 0.15) is 47.0 Å². The largest absolute Gasteiger partial charge is 0.301 e. The normalized spacial score (nSPS) is 24.3. The van der Waals surface area contributed by atoms with Gasteiger partial charge >= 0.3 is 0 Å². The molecule has 0 spiro atoms. The molecule has 18 heavy (non-hydrogen) atoms. The fourth-order valence-corrected chi connectivity index (χ4v) is 2.86. The van der Waals surface area contributed by atoms with E-state index in [1.165, 1.54) is 19.3 Å². The zero-order valence-corrected chi connectivity index (χ0v) is 12.5. The second-order valence-electron chi connectivity index (χ2n) is 6.53. The van der Waals surface area contributed by atoms with Crippen molar-refractivity contribution in [3.8, 4) is 6.07 Å². The fourth-order valence-electron chi connectivity index (χ4n) is 2.86. The molecule has 0 amide bonds. The van der Waals surface area contributed by atoms with E-state index in [2.05, 4.69) is 44.0 Å². The number of nitrogens with zero attached hydrogens (tertiary/aromatic N) is 2. The second kappa shape index (κ2) is 7.11. The van der Waals surface area contributed by atoms with Gasteiger partial charge in [-0.3, -0.25) is 0 Å². The van der Waals surface area contributed by atoms with Gasteiger partial charge in [-0.1, -0.05) is 27.7 Å². The van der Waals surface area contributed by atoms with Crippen molar-refractivity contribution in [2.24, 2.45) is 11.3 Å². The smallest absolute Gasteiger partial charge is 0.108 e. The van der Waals surface area contributed by atoms with Gasteiger partial charge in [0.25, 0.3) is 0 Å². The van der Waals surface area contributed by atoms with E-state index in [9.17, 15) is 0 Å². The Labute approximate surface area is 113 Å². The highest BCUT2D eigenvalue weighted by Crippen LogP contribution is 2.34. The summed E-state index contributed by atoms with van der Waals surface area (Å²) in [7, 11) is 0. The van der Waals surface area contributed by atoms with Gasteiger partial charge in [-0.2, -0.15) is 5.26 Å². The minimum Gasteiger partial charge on any atom is -0.301 e. The van der Waals surface area contributed by atoms with Crippen LogP contribution in [-0.4, -0.2) is 37.1 Å². The molecule has 1 fully saturated rings. The Morgan fingerprint density at radius 1 is 1.33 bits per heavy atom. The number of rotatable bonds is 4. The van der Waals surface area contributed by atoms with Gasteiger partial charge in [-0.15, -0.1) is 0 Å². The average Bonchev–Trinajstić information content (AvgIpc) is 2.53. The molecule has 0 aliphatic carbocycles. The van der Waals surface area contributed by atoms with Crippen LogP contribution in [-0.2, 0) is 0 Å². The second-order valence-corrected chi connectivity index (χ2v) is 6.53. The van der Waals surface area contributed by atoms with Crippen molar-refractivity contribution in [2.45, 2.75) is 53.0 Å². The van der Waals surface area contributed by atoms with Crippen molar-refractivity contribution in [3.05, 3.63) is 0 Å². The van der Waals surface area contributed by atoms with Crippen LogP contribution in [0.15, 0.2) is 0 Å². The lowest BCUT2D eigenvalue weighted by atomic mass is 9.77. The predicted molar refractivity (Wildman–Crippen MR) is 76.3 cm³/mol. The molecule has 1 heterocycles. The minimum absolute atomic E-state index is 0.0128. The highest BCUT2D eigenvalue weighted by molar-refractivity contribution is 4.92. The standard InChI is InChI=1S/C15H29N3/c1-5-17-14(11-16)12-18-9-6-7-13(8-10-18)15(2,3)4/h13-14,17H,5-10,12H2,1-4H3. The summed E-state index contributed by atoms with van der Waals surface area (Å²) in [6.07, 6.45) is 3.87. The Morgan fingerprint density at radius 2 is 2.06 bits per heavy atom. The first-order valence-electron chi connectivity index (χ1n) is 7.32. The molecule has 3 heteroatoms. The maximum Gasteiger partial charge on any atom is 0.108 e. The molecule has 1 saturated heterocycles. The molecule has 1 N–H and O–H groups in total. The van der Waals surface area contributed by atoms with E-state index in [4.69, 9.17) is 5.26 Å². The van der Waals surface area contributed by atoms with E-state index in [1.54, 1.807) is 0 Å². The van der Waals surface area contributed by atoms with Gasteiger partial charge in [0.2, 0.25) is 0 Å².